The van der Waals surface area contributed by atoms with E-state index in [9.17, 15) is 28.4 Å². The van der Waals surface area contributed by atoms with Gasteiger partial charge in [-0.05, 0) is 44.7 Å². The van der Waals surface area contributed by atoms with E-state index < -0.39 is 70.2 Å². The Morgan fingerprint density at radius 2 is 1.82 bits per heavy atom. The van der Waals surface area contributed by atoms with Crippen LogP contribution in [0.3, 0.4) is 0 Å². The molecular formula is C31H43ClFN5O7. The number of carbonyl (C=O) groups excluding carboxylic acids is 5. The van der Waals surface area contributed by atoms with Crippen LogP contribution < -0.4 is 16.0 Å². The van der Waals surface area contributed by atoms with E-state index in [4.69, 9.17) is 21.2 Å². The van der Waals surface area contributed by atoms with Gasteiger partial charge < -0.3 is 30.4 Å². The number of alkyl carbamates (subject to hydrolysis) is 1. The Labute approximate surface area is 267 Å². The number of Topliss-reactive ketones (excluding diaryl/α,β-unsaturated/α-hetero) is 1. The van der Waals surface area contributed by atoms with Gasteiger partial charge in [0.2, 0.25) is 17.6 Å². The predicted molar refractivity (Wildman–Crippen MR) is 165 cm³/mol. The molecule has 0 aromatic heterocycles. The lowest BCUT2D eigenvalue weighted by atomic mass is 9.85. The SMILES string of the molecule is CCC[C@H](NC(=O)[C@@H]1C[C@]2(CC(c3ccc(F)c(Cl)c3)=NO2)CN1C(=O)[C@@H](NC(=O)OC(C)(C)C)C(C)(C)C)C(=O)C(=O)NC. The highest BCUT2D eigenvalue weighted by atomic mass is 35.5. The van der Waals surface area contributed by atoms with Crippen LogP contribution in [0, 0.1) is 11.2 Å². The fourth-order valence-electron chi connectivity index (χ4n) is 5.31. The normalized spacial score (nSPS) is 21.0. The van der Waals surface area contributed by atoms with Crippen LogP contribution in [0.1, 0.15) is 79.7 Å². The smallest absolute Gasteiger partial charge is 0.408 e. The quantitative estimate of drug-likeness (QED) is 0.345. The number of hydrogen-bond acceptors (Lipinski definition) is 8. The fourth-order valence-corrected chi connectivity index (χ4v) is 5.49. The molecule has 1 fully saturated rings. The number of hydrogen-bond donors (Lipinski definition) is 3. The lowest BCUT2D eigenvalue weighted by Crippen LogP contribution is -2.59. The second kappa shape index (κ2) is 13.7. The van der Waals surface area contributed by atoms with Gasteiger partial charge in [0.1, 0.15) is 23.5 Å². The number of ether oxygens (including phenoxy) is 1. The molecule has 3 N–H and O–H groups in total. The summed E-state index contributed by atoms with van der Waals surface area (Å²) in [6.45, 7) is 12.1. The average Bonchev–Trinajstić information content (AvgIpc) is 3.53. The first-order valence-electron chi connectivity index (χ1n) is 14.9. The third-order valence-corrected chi connectivity index (χ3v) is 7.80. The Morgan fingerprint density at radius 1 is 1.16 bits per heavy atom. The van der Waals surface area contributed by atoms with Gasteiger partial charge in [-0.15, -0.1) is 0 Å². The molecule has 45 heavy (non-hydrogen) atoms. The van der Waals surface area contributed by atoms with Crippen molar-refractivity contribution in [3.05, 3.63) is 34.6 Å². The number of oxime groups is 1. The monoisotopic (exact) mass is 651 g/mol. The third-order valence-electron chi connectivity index (χ3n) is 7.51. The predicted octanol–water partition coefficient (Wildman–Crippen LogP) is 3.48. The molecule has 0 unspecified atom stereocenters. The van der Waals surface area contributed by atoms with Crippen molar-refractivity contribution in [2.24, 2.45) is 10.6 Å². The number of nitrogens with one attached hydrogen (secondary N) is 3. The maximum absolute atomic E-state index is 14.3. The number of ketones is 1. The minimum Gasteiger partial charge on any atom is -0.444 e. The van der Waals surface area contributed by atoms with Crippen molar-refractivity contribution in [2.75, 3.05) is 13.6 Å². The van der Waals surface area contributed by atoms with E-state index >= 15 is 0 Å². The lowest BCUT2D eigenvalue weighted by Gasteiger charge is -2.36. The van der Waals surface area contributed by atoms with Crippen molar-refractivity contribution in [2.45, 2.75) is 103 Å². The van der Waals surface area contributed by atoms with Gasteiger partial charge in [0.05, 0.1) is 23.3 Å². The summed E-state index contributed by atoms with van der Waals surface area (Å²) in [5, 5.41) is 11.7. The molecule has 0 radical (unpaired) electrons. The number of amides is 4. The summed E-state index contributed by atoms with van der Waals surface area (Å²) in [6, 6.07) is 0.747. The summed E-state index contributed by atoms with van der Waals surface area (Å²) in [4.78, 5) is 73.0. The Bertz CT molecular complexity index is 1370. The molecule has 0 bridgehead atoms. The Morgan fingerprint density at radius 3 is 2.38 bits per heavy atom. The van der Waals surface area contributed by atoms with E-state index in [1.807, 2.05) is 0 Å². The van der Waals surface area contributed by atoms with Crippen LogP contribution in [0.2, 0.25) is 5.02 Å². The van der Waals surface area contributed by atoms with Crippen LogP contribution in [0.5, 0.6) is 0 Å². The second-order valence-corrected chi connectivity index (χ2v) is 13.9. The fraction of sp³-hybridized carbons (Fsp3) is 0.613. The number of likely N-dealkylation sites (N-methyl/N-ethyl adjacent to an activating group) is 1. The summed E-state index contributed by atoms with van der Waals surface area (Å²) < 4.78 is 19.2. The van der Waals surface area contributed by atoms with Crippen LogP contribution in [0.25, 0.3) is 0 Å². The minimum absolute atomic E-state index is 0.0111. The molecule has 12 nitrogen and oxygen atoms in total. The number of rotatable bonds is 9. The molecule has 1 saturated heterocycles. The van der Waals surface area contributed by atoms with Crippen LogP contribution in [-0.2, 0) is 28.8 Å². The molecule has 1 aromatic carbocycles. The number of carbonyl (C=O) groups is 5. The van der Waals surface area contributed by atoms with E-state index in [0.29, 0.717) is 17.7 Å². The molecule has 2 aliphatic rings. The minimum atomic E-state index is -1.15. The van der Waals surface area contributed by atoms with Gasteiger partial charge >= 0.3 is 6.09 Å². The molecule has 248 valence electrons. The molecule has 1 aromatic rings. The van der Waals surface area contributed by atoms with Crippen molar-refractivity contribution in [1.29, 1.82) is 0 Å². The molecule has 0 saturated carbocycles. The molecule has 0 aliphatic carbocycles. The zero-order chi connectivity index (χ0) is 33.9. The van der Waals surface area contributed by atoms with E-state index in [2.05, 4.69) is 21.1 Å². The molecule has 1 spiro atoms. The standard InChI is InChI=1S/C31H43ClFN5O7/c1-9-10-20(23(39)26(41)34-8)35-25(40)22-15-31(14-21(37-45-31)17-11-12-19(33)18(32)13-17)16-38(22)27(42)24(29(2,3)4)36-28(43)44-30(5,6)7/h11-13,20,22,24H,9-10,14-16H2,1-8H3,(H,34,41)(H,35,40)(H,36,43)/t20-,22-,24+,31+/m0/s1. The summed E-state index contributed by atoms with van der Waals surface area (Å²) >= 11 is 5.99. The zero-order valence-corrected chi connectivity index (χ0v) is 27.8. The molecule has 2 heterocycles. The summed E-state index contributed by atoms with van der Waals surface area (Å²) in [5.74, 6) is -3.50. The highest BCUT2D eigenvalue weighted by Gasteiger charge is 2.55. The molecule has 3 rings (SSSR count). The van der Waals surface area contributed by atoms with Gasteiger partial charge in [0.25, 0.3) is 5.91 Å². The van der Waals surface area contributed by atoms with Gasteiger partial charge in [-0.25, -0.2) is 9.18 Å². The lowest BCUT2D eigenvalue weighted by molar-refractivity contribution is -0.144. The van der Waals surface area contributed by atoms with Crippen LogP contribution in [0.15, 0.2) is 23.4 Å². The number of benzene rings is 1. The third kappa shape index (κ3) is 8.71. The average molecular weight is 652 g/mol. The maximum Gasteiger partial charge on any atom is 0.408 e. The Balaban J connectivity index is 1.96. The topological polar surface area (TPSA) is 156 Å². The van der Waals surface area contributed by atoms with Crippen LogP contribution in [0.4, 0.5) is 9.18 Å². The summed E-state index contributed by atoms with van der Waals surface area (Å²) in [5.41, 5.74) is -1.82. The van der Waals surface area contributed by atoms with Gasteiger partial charge in [-0.3, -0.25) is 19.2 Å². The maximum atomic E-state index is 14.3. The molecule has 4 amide bonds. The van der Waals surface area contributed by atoms with Crippen molar-refractivity contribution in [3.63, 3.8) is 0 Å². The number of halogens is 2. The van der Waals surface area contributed by atoms with Crippen molar-refractivity contribution < 1.29 is 37.9 Å². The Kier molecular flexibility index (Phi) is 10.9. The van der Waals surface area contributed by atoms with Gasteiger partial charge in [0, 0.05) is 25.5 Å². The molecular weight excluding hydrogens is 609 g/mol. The van der Waals surface area contributed by atoms with E-state index in [-0.39, 0.29) is 30.8 Å². The van der Waals surface area contributed by atoms with Crippen molar-refractivity contribution in [3.8, 4) is 0 Å². The van der Waals surface area contributed by atoms with Crippen molar-refractivity contribution >= 4 is 46.9 Å². The van der Waals surface area contributed by atoms with Gasteiger partial charge in [-0.2, -0.15) is 0 Å². The van der Waals surface area contributed by atoms with Gasteiger partial charge in [-0.1, -0.05) is 56.9 Å². The largest absolute Gasteiger partial charge is 0.444 e. The van der Waals surface area contributed by atoms with Crippen LogP contribution >= 0.6 is 11.6 Å². The number of nitrogens with zero attached hydrogens (tertiary/aromatic N) is 2. The second-order valence-electron chi connectivity index (χ2n) is 13.5. The first-order chi connectivity index (χ1) is 20.8. The molecule has 14 heteroatoms. The Hall–Kier alpha value is -3.74. The first kappa shape index (κ1) is 35.7. The molecule has 4 atom stereocenters. The van der Waals surface area contributed by atoms with E-state index in [1.165, 1.54) is 30.1 Å². The van der Waals surface area contributed by atoms with Gasteiger partial charge in [0.15, 0.2) is 5.60 Å². The highest BCUT2D eigenvalue weighted by molar-refractivity contribution is 6.38. The highest BCUT2D eigenvalue weighted by Crippen LogP contribution is 2.40. The van der Waals surface area contributed by atoms with Crippen LogP contribution in [-0.4, -0.2) is 83.1 Å². The van der Waals surface area contributed by atoms with E-state index in [0.717, 1.165) is 0 Å². The first-order valence-corrected chi connectivity index (χ1v) is 15.3. The van der Waals surface area contributed by atoms with Crippen molar-refractivity contribution in [1.82, 2.24) is 20.9 Å². The molecule has 2 aliphatic heterocycles. The zero-order valence-electron chi connectivity index (χ0n) is 27.0. The summed E-state index contributed by atoms with van der Waals surface area (Å²) in [6.07, 6.45) is 0.0440. The summed E-state index contributed by atoms with van der Waals surface area (Å²) in [7, 11) is 1.32. The van der Waals surface area contributed by atoms with E-state index in [1.54, 1.807) is 48.5 Å². The number of likely N-dealkylation sites (tertiary alicyclic amines) is 1.